The number of rotatable bonds is 8. The van der Waals surface area contributed by atoms with Crippen LogP contribution in [0.4, 0.5) is 21.0 Å². The molecule has 2 aliphatic heterocycles. The van der Waals surface area contributed by atoms with Crippen molar-refractivity contribution in [3.63, 3.8) is 0 Å². The van der Waals surface area contributed by atoms with E-state index in [9.17, 15) is 14.7 Å². The van der Waals surface area contributed by atoms with E-state index >= 15 is 0 Å². The minimum Gasteiger partial charge on any atom is -0.452 e. The number of aliphatic hydroxyl groups is 1. The molecule has 2 unspecified atom stereocenters. The smallest absolute Gasteiger partial charge is 0.416 e. The van der Waals surface area contributed by atoms with Gasteiger partial charge in [-0.25, -0.2) is 9.59 Å². The molecule has 0 aliphatic carbocycles. The molecule has 9 nitrogen and oxygen atoms in total. The average Bonchev–Trinajstić information content (AvgIpc) is 2.83. The Kier molecular flexibility index (Phi) is 9.38. The standard InChI is InChI=1S/C26H42N4O5/c1-6-19(16-27-14-12-26(3,4)33)20-10-11-21-22(15-20)29(17-18(2)30(21)25(32)34-5)24(31)35-23-9-7-8-13-28-23/h10-11,15,18-19,23,27-28,33H,6-9,12-14,16-17H2,1-5H3/t18-,19?,23?/m0/s1. The van der Waals surface area contributed by atoms with E-state index in [2.05, 4.69) is 17.6 Å². The average molecular weight is 491 g/mol. The van der Waals surface area contributed by atoms with E-state index in [1.54, 1.807) is 23.6 Å². The predicted octanol–water partition coefficient (Wildman–Crippen LogP) is 3.95. The second-order valence-electron chi connectivity index (χ2n) is 10.2. The van der Waals surface area contributed by atoms with Gasteiger partial charge in [-0.2, -0.15) is 0 Å². The fourth-order valence-electron chi connectivity index (χ4n) is 4.72. The molecule has 9 heteroatoms. The number of hydrogen-bond donors (Lipinski definition) is 3. The number of carbonyl (C=O) groups is 2. The number of ether oxygens (including phenoxy) is 2. The zero-order valence-corrected chi connectivity index (χ0v) is 21.8. The van der Waals surface area contributed by atoms with Crippen molar-refractivity contribution in [1.82, 2.24) is 10.6 Å². The van der Waals surface area contributed by atoms with E-state index in [1.807, 2.05) is 25.1 Å². The van der Waals surface area contributed by atoms with Crippen LogP contribution >= 0.6 is 0 Å². The van der Waals surface area contributed by atoms with Crippen LogP contribution in [0.3, 0.4) is 0 Å². The number of carbonyl (C=O) groups excluding carboxylic acids is 2. The SMILES string of the molecule is CCC(CNCCC(C)(C)O)c1ccc2c(c1)N(C(=O)OC1CCCCN1)C[C@H](C)N2C(=O)OC. The Bertz CT molecular complexity index is 866. The van der Waals surface area contributed by atoms with E-state index in [4.69, 9.17) is 9.47 Å². The Morgan fingerprint density at radius 3 is 2.66 bits per heavy atom. The third kappa shape index (κ3) is 7.08. The molecule has 35 heavy (non-hydrogen) atoms. The van der Waals surface area contributed by atoms with Gasteiger partial charge in [0.25, 0.3) is 0 Å². The highest BCUT2D eigenvalue weighted by Gasteiger charge is 2.37. The van der Waals surface area contributed by atoms with E-state index in [0.717, 1.165) is 44.3 Å². The summed E-state index contributed by atoms with van der Waals surface area (Å²) in [6.07, 6.45) is 3.32. The Hall–Kier alpha value is -2.36. The fourth-order valence-corrected chi connectivity index (χ4v) is 4.72. The van der Waals surface area contributed by atoms with Crippen LogP contribution in [-0.2, 0) is 9.47 Å². The lowest BCUT2D eigenvalue weighted by atomic mass is 9.94. The van der Waals surface area contributed by atoms with Gasteiger partial charge in [0.1, 0.15) is 0 Å². The number of hydrogen-bond acceptors (Lipinski definition) is 7. The van der Waals surface area contributed by atoms with Gasteiger partial charge in [0, 0.05) is 6.54 Å². The molecule has 0 bridgehead atoms. The fraction of sp³-hybridized carbons (Fsp3) is 0.692. The lowest BCUT2D eigenvalue weighted by Gasteiger charge is -2.40. The van der Waals surface area contributed by atoms with E-state index in [1.165, 1.54) is 7.11 Å². The normalized spacial score (nSPS) is 21.3. The zero-order chi connectivity index (χ0) is 25.6. The van der Waals surface area contributed by atoms with Crippen LogP contribution in [0.1, 0.15) is 71.3 Å². The Morgan fingerprint density at radius 1 is 1.26 bits per heavy atom. The second-order valence-corrected chi connectivity index (χ2v) is 10.2. The molecule has 0 spiro atoms. The van der Waals surface area contributed by atoms with Crippen LogP contribution in [0.25, 0.3) is 0 Å². The largest absolute Gasteiger partial charge is 0.452 e. The van der Waals surface area contributed by atoms with Crippen molar-refractivity contribution in [2.75, 3.05) is 43.1 Å². The molecular formula is C26H42N4O5. The first kappa shape index (κ1) is 27.2. The molecule has 1 saturated heterocycles. The highest BCUT2D eigenvalue weighted by Crippen LogP contribution is 2.39. The molecule has 3 N–H and O–H groups in total. The maximum atomic E-state index is 13.3. The Labute approximate surface area is 209 Å². The van der Waals surface area contributed by atoms with Gasteiger partial charge in [0.2, 0.25) is 0 Å². The molecule has 0 saturated carbocycles. The minimum absolute atomic E-state index is 0.214. The van der Waals surface area contributed by atoms with E-state index in [-0.39, 0.29) is 18.2 Å². The Balaban J connectivity index is 1.85. The van der Waals surface area contributed by atoms with Crippen molar-refractivity contribution in [3.05, 3.63) is 23.8 Å². The summed E-state index contributed by atoms with van der Waals surface area (Å²) in [4.78, 5) is 29.1. The summed E-state index contributed by atoms with van der Waals surface area (Å²) in [6, 6.07) is 5.65. The summed E-state index contributed by atoms with van der Waals surface area (Å²) in [5.41, 5.74) is 1.66. The van der Waals surface area contributed by atoms with Gasteiger partial charge in [-0.1, -0.05) is 13.0 Å². The van der Waals surface area contributed by atoms with Gasteiger partial charge in [-0.15, -0.1) is 0 Å². The number of methoxy groups -OCH3 is 1. The molecular weight excluding hydrogens is 448 g/mol. The number of nitrogens with zero attached hydrogens (tertiary/aromatic N) is 2. The molecule has 196 valence electrons. The number of amides is 2. The number of fused-ring (bicyclic) bond motifs is 1. The van der Waals surface area contributed by atoms with Gasteiger partial charge in [-0.3, -0.25) is 15.1 Å². The van der Waals surface area contributed by atoms with Crippen LogP contribution in [-0.4, -0.2) is 68.5 Å². The van der Waals surface area contributed by atoms with Crippen LogP contribution in [0.15, 0.2) is 18.2 Å². The topological polar surface area (TPSA) is 103 Å². The molecule has 3 atom stereocenters. The third-order valence-electron chi connectivity index (χ3n) is 6.81. The zero-order valence-electron chi connectivity index (χ0n) is 21.8. The van der Waals surface area contributed by atoms with Crippen LogP contribution in [0.5, 0.6) is 0 Å². The number of piperidine rings is 1. The van der Waals surface area contributed by atoms with E-state index < -0.39 is 17.8 Å². The molecule has 2 heterocycles. The molecule has 1 aromatic carbocycles. The molecule has 1 aromatic rings. The van der Waals surface area contributed by atoms with Crippen molar-refractivity contribution in [3.8, 4) is 0 Å². The summed E-state index contributed by atoms with van der Waals surface area (Å²) < 4.78 is 10.8. The van der Waals surface area contributed by atoms with Gasteiger partial charge < -0.3 is 19.9 Å². The molecule has 2 aliphatic rings. The number of benzene rings is 1. The first-order valence-electron chi connectivity index (χ1n) is 12.8. The predicted molar refractivity (Wildman–Crippen MR) is 137 cm³/mol. The molecule has 2 amide bonds. The highest BCUT2D eigenvalue weighted by atomic mass is 16.6. The third-order valence-corrected chi connectivity index (χ3v) is 6.81. The van der Waals surface area contributed by atoms with Crippen molar-refractivity contribution in [2.24, 2.45) is 0 Å². The summed E-state index contributed by atoms with van der Waals surface area (Å²) in [6.45, 7) is 10.3. The van der Waals surface area contributed by atoms with Gasteiger partial charge >= 0.3 is 12.2 Å². The summed E-state index contributed by atoms with van der Waals surface area (Å²) in [7, 11) is 1.37. The molecule has 0 radical (unpaired) electrons. The van der Waals surface area contributed by atoms with Crippen molar-refractivity contribution in [2.45, 2.75) is 83.6 Å². The maximum absolute atomic E-state index is 13.3. The summed E-state index contributed by atoms with van der Waals surface area (Å²) in [5, 5.41) is 16.7. The summed E-state index contributed by atoms with van der Waals surface area (Å²) in [5.74, 6) is 0.214. The van der Waals surface area contributed by atoms with Crippen LogP contribution in [0.2, 0.25) is 0 Å². The first-order valence-corrected chi connectivity index (χ1v) is 12.8. The second kappa shape index (κ2) is 12.1. The van der Waals surface area contributed by atoms with Gasteiger partial charge in [-0.05, 0) is 89.6 Å². The monoisotopic (exact) mass is 490 g/mol. The quantitative estimate of drug-likeness (QED) is 0.474. The Morgan fingerprint density at radius 2 is 2.03 bits per heavy atom. The van der Waals surface area contributed by atoms with Crippen molar-refractivity contribution in [1.29, 1.82) is 0 Å². The van der Waals surface area contributed by atoms with E-state index in [0.29, 0.717) is 30.9 Å². The van der Waals surface area contributed by atoms with Crippen molar-refractivity contribution < 1.29 is 24.2 Å². The minimum atomic E-state index is -0.706. The summed E-state index contributed by atoms with van der Waals surface area (Å²) >= 11 is 0. The van der Waals surface area contributed by atoms with Crippen LogP contribution < -0.4 is 20.4 Å². The molecule has 1 fully saturated rings. The lowest BCUT2D eigenvalue weighted by molar-refractivity contribution is 0.0659. The molecule has 3 rings (SSSR count). The van der Waals surface area contributed by atoms with Crippen molar-refractivity contribution >= 4 is 23.6 Å². The van der Waals surface area contributed by atoms with Crippen LogP contribution in [0, 0.1) is 0 Å². The first-order chi connectivity index (χ1) is 16.6. The van der Waals surface area contributed by atoms with Gasteiger partial charge in [0.15, 0.2) is 6.23 Å². The lowest BCUT2D eigenvalue weighted by Crippen LogP contribution is -2.53. The maximum Gasteiger partial charge on any atom is 0.416 e. The highest BCUT2D eigenvalue weighted by molar-refractivity contribution is 6.01. The number of nitrogens with one attached hydrogen (secondary N) is 2. The molecule has 0 aromatic heterocycles. The van der Waals surface area contributed by atoms with Gasteiger partial charge in [0.05, 0.1) is 36.7 Å². The number of anilines is 2.